The summed E-state index contributed by atoms with van der Waals surface area (Å²) in [6.45, 7) is 28.4. The summed E-state index contributed by atoms with van der Waals surface area (Å²) >= 11 is 0. The summed E-state index contributed by atoms with van der Waals surface area (Å²) in [6, 6.07) is 0. The summed E-state index contributed by atoms with van der Waals surface area (Å²) in [4.78, 5) is 4.99. The minimum Gasteiger partial charge on any atom is -0.412 e. The van der Waals surface area contributed by atoms with Crippen molar-refractivity contribution in [2.45, 2.75) is 110 Å². The maximum atomic E-state index is 6.71. The van der Waals surface area contributed by atoms with Crippen LogP contribution in [0.4, 0.5) is 0 Å². The first kappa shape index (κ1) is 29.2. The van der Waals surface area contributed by atoms with Gasteiger partial charge in [0.2, 0.25) is 0 Å². The van der Waals surface area contributed by atoms with Crippen molar-refractivity contribution in [2.75, 3.05) is 7.11 Å². The number of nitrogens with zero attached hydrogens (tertiary/aromatic N) is 1. The zero-order valence-corrected chi connectivity index (χ0v) is 25.4. The molecule has 0 fully saturated rings. The van der Waals surface area contributed by atoms with E-state index < -0.39 is 33.3 Å². The lowest BCUT2D eigenvalue weighted by Crippen LogP contribution is -2.58. The largest absolute Gasteiger partial charge is 0.412 e. The number of hydrogen-bond donors (Lipinski definition) is 0. The first-order valence-corrected chi connectivity index (χ1v) is 24.2. The van der Waals surface area contributed by atoms with E-state index in [4.69, 9.17) is 22.5 Å². The molecular formula is C19H47NO5Si4. The molecule has 0 aromatic heterocycles. The van der Waals surface area contributed by atoms with Crippen LogP contribution in [0, 0.1) is 0 Å². The van der Waals surface area contributed by atoms with Crippen LogP contribution < -0.4 is 0 Å². The van der Waals surface area contributed by atoms with Crippen molar-refractivity contribution in [1.29, 1.82) is 0 Å². The summed E-state index contributed by atoms with van der Waals surface area (Å²) in [6.07, 6.45) is 0.696. The predicted octanol–water partition coefficient (Wildman–Crippen LogP) is 5.52. The smallest absolute Gasteiger partial charge is 0.184 e. The molecule has 0 aliphatic carbocycles. The molecule has 0 bridgehead atoms. The highest BCUT2D eigenvalue weighted by molar-refractivity contribution is 6.71. The molecule has 0 rings (SSSR count). The second-order valence-electron chi connectivity index (χ2n) is 11.5. The van der Waals surface area contributed by atoms with Crippen molar-refractivity contribution >= 4 is 39.5 Å². The lowest BCUT2D eigenvalue weighted by atomic mass is 10.1. The van der Waals surface area contributed by atoms with E-state index >= 15 is 0 Å². The lowest BCUT2D eigenvalue weighted by Gasteiger charge is -2.43. The van der Waals surface area contributed by atoms with Crippen LogP contribution in [0.25, 0.3) is 0 Å². The molecule has 0 saturated carbocycles. The van der Waals surface area contributed by atoms with E-state index in [0.717, 1.165) is 0 Å². The van der Waals surface area contributed by atoms with Crippen LogP contribution in [-0.2, 0) is 22.5 Å². The van der Waals surface area contributed by atoms with Gasteiger partial charge in [-0.15, -0.1) is 0 Å². The fraction of sp³-hybridized carbons (Fsp3) is 0.947. The quantitative estimate of drug-likeness (QED) is 0.197. The average Bonchev–Trinajstić information content (AvgIpc) is 2.42. The van der Waals surface area contributed by atoms with E-state index in [1.54, 1.807) is 13.3 Å². The highest BCUT2D eigenvalue weighted by atomic mass is 28.4. The monoisotopic (exact) mass is 481 g/mol. The molecule has 4 unspecified atom stereocenters. The van der Waals surface area contributed by atoms with Gasteiger partial charge in [-0.3, -0.25) is 0 Å². The molecule has 0 aromatic rings. The van der Waals surface area contributed by atoms with Gasteiger partial charge in [-0.1, -0.05) is 5.16 Å². The van der Waals surface area contributed by atoms with E-state index in [1.807, 2.05) is 0 Å². The van der Waals surface area contributed by atoms with Crippen LogP contribution in [-0.4, -0.2) is 71.0 Å². The Balaban J connectivity index is 6.26. The van der Waals surface area contributed by atoms with Gasteiger partial charge < -0.3 is 22.5 Å². The van der Waals surface area contributed by atoms with Crippen LogP contribution in [0.2, 0.25) is 78.6 Å². The Hall–Kier alpha value is 0.178. The Bertz CT molecular complexity index is 507. The van der Waals surface area contributed by atoms with Gasteiger partial charge in [0, 0.05) is 0 Å². The molecule has 0 aromatic carbocycles. The molecule has 6 nitrogen and oxygen atoms in total. The van der Waals surface area contributed by atoms with Crippen LogP contribution >= 0.6 is 0 Å². The summed E-state index contributed by atoms with van der Waals surface area (Å²) < 4.78 is 26.4. The Morgan fingerprint density at radius 2 is 0.966 bits per heavy atom. The van der Waals surface area contributed by atoms with Crippen molar-refractivity contribution in [3.05, 3.63) is 0 Å². The molecule has 0 aliphatic heterocycles. The third-order valence-electron chi connectivity index (χ3n) is 3.43. The SMILES string of the molecule is CO/N=C/C(O[Si](C)(C)C)C(O[Si](C)(C)C)C(O[Si](C)(C)C)C(C)O[Si](C)(C)C. The molecule has 29 heavy (non-hydrogen) atoms. The van der Waals surface area contributed by atoms with Gasteiger partial charge in [0.15, 0.2) is 33.3 Å². The normalized spacial score (nSPS) is 18.6. The molecule has 0 radical (unpaired) electrons. The zero-order valence-electron chi connectivity index (χ0n) is 21.4. The molecule has 0 heterocycles. The molecule has 4 atom stereocenters. The first-order chi connectivity index (χ1) is 12.7. The molecule has 0 aliphatic rings. The van der Waals surface area contributed by atoms with Crippen molar-refractivity contribution in [3.63, 3.8) is 0 Å². The molecule has 10 heteroatoms. The van der Waals surface area contributed by atoms with Crippen molar-refractivity contribution in [1.82, 2.24) is 0 Å². The summed E-state index contributed by atoms with van der Waals surface area (Å²) in [7, 11) is -5.90. The van der Waals surface area contributed by atoms with Crippen molar-refractivity contribution < 1.29 is 22.5 Å². The van der Waals surface area contributed by atoms with E-state index in [0.29, 0.717) is 0 Å². The molecule has 174 valence electrons. The maximum absolute atomic E-state index is 6.71. The molecule has 0 N–H and O–H groups in total. The highest BCUT2D eigenvalue weighted by Crippen LogP contribution is 2.27. The van der Waals surface area contributed by atoms with Gasteiger partial charge in [0.05, 0.1) is 18.4 Å². The van der Waals surface area contributed by atoms with Gasteiger partial charge in [0.1, 0.15) is 19.3 Å². The zero-order chi connectivity index (χ0) is 23.3. The van der Waals surface area contributed by atoms with Crippen LogP contribution in [0.5, 0.6) is 0 Å². The molecule has 0 saturated heterocycles. The predicted molar refractivity (Wildman–Crippen MR) is 134 cm³/mol. The van der Waals surface area contributed by atoms with Gasteiger partial charge in [-0.25, -0.2) is 0 Å². The highest BCUT2D eigenvalue weighted by Gasteiger charge is 2.42. The van der Waals surface area contributed by atoms with Gasteiger partial charge in [0.25, 0.3) is 0 Å². The van der Waals surface area contributed by atoms with E-state index in [-0.39, 0.29) is 24.4 Å². The fourth-order valence-electron chi connectivity index (χ4n) is 2.90. The Kier molecular flexibility index (Phi) is 11.2. The second-order valence-corrected chi connectivity index (χ2v) is 29.3. The minimum atomic E-state index is -1.92. The summed E-state index contributed by atoms with van der Waals surface area (Å²) in [5.74, 6) is 0. The summed E-state index contributed by atoms with van der Waals surface area (Å²) in [5.41, 5.74) is 0. The molecular weight excluding hydrogens is 435 g/mol. The number of hydrogen-bond acceptors (Lipinski definition) is 6. The molecule has 0 spiro atoms. The van der Waals surface area contributed by atoms with E-state index in [1.165, 1.54) is 0 Å². The second kappa shape index (κ2) is 11.2. The maximum Gasteiger partial charge on any atom is 0.184 e. The third-order valence-corrected chi connectivity index (χ3v) is 7.45. The van der Waals surface area contributed by atoms with Crippen LogP contribution in [0.3, 0.4) is 0 Å². The van der Waals surface area contributed by atoms with E-state index in [9.17, 15) is 0 Å². The summed E-state index contributed by atoms with van der Waals surface area (Å²) in [5, 5.41) is 4.05. The fourth-order valence-corrected chi connectivity index (χ4v) is 7.39. The van der Waals surface area contributed by atoms with Crippen molar-refractivity contribution in [3.8, 4) is 0 Å². The van der Waals surface area contributed by atoms with Crippen LogP contribution in [0.1, 0.15) is 6.92 Å². The lowest BCUT2D eigenvalue weighted by molar-refractivity contribution is -0.0560. The van der Waals surface area contributed by atoms with E-state index in [2.05, 4.69) is 90.6 Å². The topological polar surface area (TPSA) is 58.5 Å². The first-order valence-electron chi connectivity index (χ1n) is 10.5. The Labute approximate surface area is 184 Å². The number of oxime groups is 1. The average molecular weight is 482 g/mol. The van der Waals surface area contributed by atoms with Gasteiger partial charge >= 0.3 is 0 Å². The van der Waals surface area contributed by atoms with Gasteiger partial charge in [-0.2, -0.15) is 0 Å². The van der Waals surface area contributed by atoms with Crippen molar-refractivity contribution in [2.24, 2.45) is 5.16 Å². The minimum absolute atomic E-state index is 0.113. The standard InChI is InChI=1S/C19H47NO5Si4/c1-16(22-26(3,4)5)18(24-28(9,10)11)19(25-29(12,13)14)17(15-20-21-2)23-27(6,7)8/h15-19H,1-14H3/b20-15+. The van der Waals surface area contributed by atoms with Crippen LogP contribution in [0.15, 0.2) is 5.16 Å². The Morgan fingerprint density at radius 3 is 1.31 bits per heavy atom. The molecule has 0 amide bonds. The third kappa shape index (κ3) is 14.8. The van der Waals surface area contributed by atoms with Gasteiger partial charge in [-0.05, 0) is 85.5 Å². The Morgan fingerprint density at radius 1 is 0.586 bits per heavy atom. The number of rotatable bonds is 13.